The highest BCUT2D eigenvalue weighted by Crippen LogP contribution is 2.23. The minimum Gasteiger partial charge on any atom is -0.508 e. The molecule has 1 saturated heterocycles. The van der Waals surface area contributed by atoms with Crippen molar-refractivity contribution in [2.75, 3.05) is 13.1 Å². The van der Waals surface area contributed by atoms with Crippen molar-refractivity contribution in [2.45, 2.75) is 6.92 Å². The number of aliphatic carboxylic acids is 1. The first-order valence-corrected chi connectivity index (χ1v) is 6.46. The van der Waals surface area contributed by atoms with Crippen LogP contribution in [0.1, 0.15) is 12.5 Å². The van der Waals surface area contributed by atoms with E-state index in [4.69, 9.17) is 10.2 Å². The van der Waals surface area contributed by atoms with Crippen LogP contribution in [0.4, 0.5) is 0 Å². The standard InChI is InChI=1S/C15H17NO4/c1-10-8-16(9-13(10)15(19)20)14(18)7-4-11-2-5-12(17)6-3-11/h2-7,10,13,17H,8-9H2,1H3,(H,19,20). The molecule has 0 radical (unpaired) electrons. The van der Waals surface area contributed by atoms with E-state index in [1.807, 2.05) is 6.92 Å². The van der Waals surface area contributed by atoms with E-state index in [9.17, 15) is 9.59 Å². The van der Waals surface area contributed by atoms with Crippen molar-refractivity contribution in [1.82, 2.24) is 4.90 Å². The van der Waals surface area contributed by atoms with Gasteiger partial charge in [0.05, 0.1) is 5.92 Å². The summed E-state index contributed by atoms with van der Waals surface area (Å²) in [4.78, 5) is 24.6. The summed E-state index contributed by atoms with van der Waals surface area (Å²) >= 11 is 0. The molecule has 1 aromatic rings. The van der Waals surface area contributed by atoms with Gasteiger partial charge in [0.25, 0.3) is 0 Å². The quantitative estimate of drug-likeness (QED) is 0.821. The molecular formula is C15H17NO4. The maximum Gasteiger partial charge on any atom is 0.308 e. The second kappa shape index (κ2) is 5.77. The lowest BCUT2D eigenvalue weighted by atomic mass is 9.99. The van der Waals surface area contributed by atoms with E-state index in [1.165, 1.54) is 6.08 Å². The first kappa shape index (κ1) is 14.1. The van der Waals surface area contributed by atoms with E-state index in [1.54, 1.807) is 35.2 Å². The lowest BCUT2D eigenvalue weighted by Gasteiger charge is -2.12. The number of carbonyl (C=O) groups excluding carboxylic acids is 1. The predicted molar refractivity (Wildman–Crippen MR) is 74.0 cm³/mol. The summed E-state index contributed by atoms with van der Waals surface area (Å²) in [5.74, 6) is -1.38. The topological polar surface area (TPSA) is 77.8 Å². The van der Waals surface area contributed by atoms with Gasteiger partial charge in [-0.25, -0.2) is 0 Å². The van der Waals surface area contributed by atoms with Gasteiger partial charge in [-0.3, -0.25) is 9.59 Å². The van der Waals surface area contributed by atoms with Crippen LogP contribution >= 0.6 is 0 Å². The van der Waals surface area contributed by atoms with Crippen LogP contribution in [0.3, 0.4) is 0 Å². The van der Waals surface area contributed by atoms with E-state index in [-0.39, 0.29) is 24.1 Å². The fraction of sp³-hybridized carbons (Fsp3) is 0.333. The van der Waals surface area contributed by atoms with Gasteiger partial charge in [0.15, 0.2) is 0 Å². The molecule has 5 heteroatoms. The minimum absolute atomic E-state index is 0.0291. The monoisotopic (exact) mass is 275 g/mol. The van der Waals surface area contributed by atoms with Crippen molar-refractivity contribution in [3.63, 3.8) is 0 Å². The van der Waals surface area contributed by atoms with Crippen LogP contribution in [0.5, 0.6) is 5.75 Å². The Hall–Kier alpha value is -2.30. The molecule has 1 amide bonds. The summed E-state index contributed by atoms with van der Waals surface area (Å²) in [7, 11) is 0. The number of carbonyl (C=O) groups is 2. The molecule has 2 N–H and O–H groups in total. The molecular weight excluding hydrogens is 258 g/mol. The fourth-order valence-electron chi connectivity index (χ4n) is 2.33. The number of carboxylic acid groups (broad SMARTS) is 1. The molecule has 2 unspecified atom stereocenters. The van der Waals surface area contributed by atoms with Crippen LogP contribution in [0, 0.1) is 11.8 Å². The highest BCUT2D eigenvalue weighted by Gasteiger charge is 2.36. The molecule has 106 valence electrons. The van der Waals surface area contributed by atoms with Crippen molar-refractivity contribution < 1.29 is 19.8 Å². The Morgan fingerprint density at radius 3 is 2.45 bits per heavy atom. The zero-order valence-electron chi connectivity index (χ0n) is 11.2. The van der Waals surface area contributed by atoms with Crippen LogP contribution in [-0.4, -0.2) is 40.1 Å². The highest BCUT2D eigenvalue weighted by atomic mass is 16.4. The lowest BCUT2D eigenvalue weighted by molar-refractivity contribution is -0.142. The van der Waals surface area contributed by atoms with E-state index in [0.717, 1.165) is 5.56 Å². The number of rotatable bonds is 3. The van der Waals surface area contributed by atoms with Crippen molar-refractivity contribution in [3.8, 4) is 5.75 Å². The summed E-state index contributed by atoms with van der Waals surface area (Å²) in [6.45, 7) is 2.57. The molecule has 1 aromatic carbocycles. The molecule has 0 aromatic heterocycles. The summed E-state index contributed by atoms with van der Waals surface area (Å²) in [6.07, 6.45) is 3.09. The number of amides is 1. The van der Waals surface area contributed by atoms with Crippen molar-refractivity contribution in [3.05, 3.63) is 35.9 Å². The molecule has 2 atom stereocenters. The molecule has 2 rings (SSSR count). The van der Waals surface area contributed by atoms with Crippen LogP contribution in [0.15, 0.2) is 30.3 Å². The third-order valence-electron chi connectivity index (χ3n) is 3.55. The molecule has 1 aliphatic heterocycles. The molecule has 20 heavy (non-hydrogen) atoms. The number of carboxylic acids is 1. The number of hydrogen-bond acceptors (Lipinski definition) is 3. The normalized spacial score (nSPS) is 22.4. The predicted octanol–water partition coefficient (Wildman–Crippen LogP) is 1.58. The summed E-state index contributed by atoms with van der Waals surface area (Å²) in [5.41, 5.74) is 0.804. The smallest absolute Gasteiger partial charge is 0.308 e. The molecule has 1 aliphatic rings. The fourth-order valence-corrected chi connectivity index (χ4v) is 2.33. The Balaban J connectivity index is 1.99. The Labute approximate surface area is 117 Å². The number of likely N-dealkylation sites (tertiary alicyclic amines) is 1. The Kier molecular flexibility index (Phi) is 4.08. The van der Waals surface area contributed by atoms with Gasteiger partial charge in [0.1, 0.15) is 5.75 Å². The van der Waals surface area contributed by atoms with E-state index < -0.39 is 11.9 Å². The van der Waals surface area contributed by atoms with Crippen LogP contribution in [0.2, 0.25) is 0 Å². The summed E-state index contributed by atoms with van der Waals surface area (Å²) in [5, 5.41) is 18.2. The van der Waals surface area contributed by atoms with Gasteiger partial charge in [-0.2, -0.15) is 0 Å². The van der Waals surface area contributed by atoms with Crippen LogP contribution in [0.25, 0.3) is 6.08 Å². The molecule has 0 spiro atoms. The third-order valence-corrected chi connectivity index (χ3v) is 3.55. The molecule has 0 aliphatic carbocycles. The number of nitrogens with zero attached hydrogens (tertiary/aromatic N) is 1. The zero-order chi connectivity index (χ0) is 14.7. The van der Waals surface area contributed by atoms with Gasteiger partial charge in [-0.05, 0) is 29.7 Å². The lowest BCUT2D eigenvalue weighted by Crippen LogP contribution is -2.28. The van der Waals surface area contributed by atoms with Crippen molar-refractivity contribution >= 4 is 18.0 Å². The maximum absolute atomic E-state index is 12.0. The second-order valence-electron chi connectivity index (χ2n) is 5.09. The second-order valence-corrected chi connectivity index (χ2v) is 5.09. The minimum atomic E-state index is -0.852. The van der Waals surface area contributed by atoms with Gasteiger partial charge in [0, 0.05) is 19.2 Å². The van der Waals surface area contributed by atoms with Gasteiger partial charge >= 0.3 is 5.97 Å². The van der Waals surface area contributed by atoms with Crippen LogP contribution < -0.4 is 0 Å². The van der Waals surface area contributed by atoms with Gasteiger partial charge in [-0.15, -0.1) is 0 Å². The number of benzene rings is 1. The number of aromatic hydroxyl groups is 1. The Morgan fingerprint density at radius 1 is 1.25 bits per heavy atom. The molecule has 1 heterocycles. The Bertz CT molecular complexity index is 535. The number of phenolic OH excluding ortho intramolecular Hbond substituents is 1. The average Bonchev–Trinajstić information content (AvgIpc) is 2.80. The molecule has 5 nitrogen and oxygen atoms in total. The summed E-state index contributed by atoms with van der Waals surface area (Å²) in [6, 6.07) is 6.49. The average molecular weight is 275 g/mol. The van der Waals surface area contributed by atoms with Crippen molar-refractivity contribution in [2.24, 2.45) is 11.8 Å². The molecule has 1 fully saturated rings. The maximum atomic E-state index is 12.0. The Morgan fingerprint density at radius 2 is 1.90 bits per heavy atom. The van der Waals surface area contributed by atoms with Crippen LogP contribution in [-0.2, 0) is 9.59 Å². The van der Waals surface area contributed by atoms with E-state index in [0.29, 0.717) is 6.54 Å². The first-order chi connectivity index (χ1) is 9.47. The van der Waals surface area contributed by atoms with Crippen molar-refractivity contribution in [1.29, 1.82) is 0 Å². The SMILES string of the molecule is CC1CN(C(=O)C=Cc2ccc(O)cc2)CC1C(=O)O. The highest BCUT2D eigenvalue weighted by molar-refractivity contribution is 5.92. The summed E-state index contributed by atoms with van der Waals surface area (Å²) < 4.78 is 0. The largest absolute Gasteiger partial charge is 0.508 e. The van der Waals surface area contributed by atoms with Gasteiger partial charge in [0.2, 0.25) is 5.91 Å². The molecule has 0 saturated carbocycles. The van der Waals surface area contributed by atoms with Gasteiger partial charge in [-0.1, -0.05) is 19.1 Å². The number of phenols is 1. The third kappa shape index (κ3) is 3.17. The van der Waals surface area contributed by atoms with E-state index in [2.05, 4.69) is 0 Å². The molecule has 0 bridgehead atoms. The zero-order valence-corrected chi connectivity index (χ0v) is 11.2. The van der Waals surface area contributed by atoms with Gasteiger partial charge < -0.3 is 15.1 Å². The number of hydrogen-bond donors (Lipinski definition) is 2. The van der Waals surface area contributed by atoms with E-state index >= 15 is 0 Å². The first-order valence-electron chi connectivity index (χ1n) is 6.46.